The first-order valence-electron chi connectivity index (χ1n) is 7.38. The van der Waals surface area contributed by atoms with E-state index in [1.165, 1.54) is 0 Å². The molecule has 2 aliphatic heterocycles. The van der Waals surface area contributed by atoms with E-state index in [0.717, 1.165) is 31.0 Å². The Labute approximate surface area is 127 Å². The molecule has 1 N–H and O–H groups in total. The van der Waals surface area contributed by atoms with Gasteiger partial charge in [0.15, 0.2) is 17.3 Å². The topological polar surface area (TPSA) is 78.3 Å². The number of amides is 1. The molecular formula is C15H16N4O3. The minimum atomic E-state index is -0.643. The van der Waals surface area contributed by atoms with Crippen LogP contribution in [0.3, 0.4) is 0 Å². The van der Waals surface area contributed by atoms with Crippen LogP contribution in [0.4, 0.5) is 0 Å². The van der Waals surface area contributed by atoms with E-state index < -0.39 is 6.10 Å². The quantitative estimate of drug-likeness (QED) is 0.902. The highest BCUT2D eigenvalue weighted by atomic mass is 16.6. The summed E-state index contributed by atoms with van der Waals surface area (Å²) in [6.07, 6.45) is 1.40. The van der Waals surface area contributed by atoms with Crippen molar-refractivity contribution in [3.8, 4) is 11.5 Å². The molecule has 0 aliphatic carbocycles. The summed E-state index contributed by atoms with van der Waals surface area (Å²) >= 11 is 0. The minimum Gasteiger partial charge on any atom is -0.485 e. The molecule has 1 aromatic carbocycles. The molecule has 1 aromatic heterocycles. The number of carbonyl (C=O) groups is 1. The van der Waals surface area contributed by atoms with Crippen molar-refractivity contribution in [3.05, 3.63) is 35.9 Å². The van der Waals surface area contributed by atoms with Gasteiger partial charge >= 0.3 is 0 Å². The average molecular weight is 300 g/mol. The summed E-state index contributed by atoms with van der Waals surface area (Å²) in [6, 6.07) is 7.33. The third kappa shape index (κ3) is 2.28. The van der Waals surface area contributed by atoms with Crippen LogP contribution in [0.25, 0.3) is 0 Å². The average Bonchev–Trinajstić information content (AvgIpc) is 3.16. The molecule has 1 unspecified atom stereocenters. The highest BCUT2D eigenvalue weighted by Gasteiger charge is 2.27. The molecule has 2 aliphatic rings. The van der Waals surface area contributed by atoms with Crippen molar-refractivity contribution in [1.29, 1.82) is 0 Å². The third-order valence-electron chi connectivity index (χ3n) is 3.91. The number of para-hydroxylation sites is 2. The van der Waals surface area contributed by atoms with Crippen LogP contribution in [0.1, 0.15) is 18.1 Å². The number of carbonyl (C=O) groups excluding carboxylic acids is 1. The molecule has 22 heavy (non-hydrogen) atoms. The van der Waals surface area contributed by atoms with Crippen LogP contribution in [0.5, 0.6) is 11.5 Å². The molecular weight excluding hydrogens is 284 g/mol. The fourth-order valence-corrected chi connectivity index (χ4v) is 2.77. The van der Waals surface area contributed by atoms with Crippen LogP contribution in [0.2, 0.25) is 0 Å². The number of rotatable bonds is 3. The van der Waals surface area contributed by atoms with E-state index in [4.69, 9.17) is 9.47 Å². The van der Waals surface area contributed by atoms with Gasteiger partial charge in [-0.05, 0) is 18.6 Å². The second-order valence-electron chi connectivity index (χ2n) is 5.37. The van der Waals surface area contributed by atoms with Crippen LogP contribution < -0.4 is 14.8 Å². The maximum atomic E-state index is 12.2. The molecule has 0 spiro atoms. The largest absolute Gasteiger partial charge is 0.485 e. The first kappa shape index (κ1) is 13.1. The number of hydrogen-bond acceptors (Lipinski definition) is 5. The number of nitrogens with one attached hydrogen (secondary N) is 1. The summed E-state index contributed by atoms with van der Waals surface area (Å²) in [4.78, 5) is 12.2. The molecule has 114 valence electrons. The molecule has 2 aromatic rings. The fourth-order valence-electron chi connectivity index (χ4n) is 2.77. The van der Waals surface area contributed by atoms with Gasteiger partial charge in [0, 0.05) is 13.0 Å². The predicted octanol–water partition coefficient (Wildman–Crippen LogP) is 0.680. The number of benzene rings is 1. The second kappa shape index (κ2) is 5.32. The van der Waals surface area contributed by atoms with Crippen LogP contribution >= 0.6 is 0 Å². The smallest absolute Gasteiger partial charge is 0.265 e. The first-order chi connectivity index (χ1) is 10.8. The molecule has 0 fully saturated rings. The lowest BCUT2D eigenvalue weighted by molar-refractivity contribution is -0.130. The van der Waals surface area contributed by atoms with Crippen LogP contribution in [-0.4, -0.2) is 33.4 Å². The van der Waals surface area contributed by atoms with Gasteiger partial charge in [-0.1, -0.05) is 12.1 Å². The van der Waals surface area contributed by atoms with Gasteiger partial charge < -0.3 is 19.4 Å². The SMILES string of the molecule is O=C(NCc1nnc2n1CCC2)C1COc2ccccc2O1. The van der Waals surface area contributed by atoms with Crippen LogP contribution in [-0.2, 0) is 24.3 Å². The highest BCUT2D eigenvalue weighted by molar-refractivity contribution is 5.81. The molecule has 1 atom stereocenters. The van der Waals surface area contributed by atoms with Crippen molar-refractivity contribution in [2.24, 2.45) is 0 Å². The van der Waals surface area contributed by atoms with Crippen molar-refractivity contribution in [1.82, 2.24) is 20.1 Å². The zero-order valence-corrected chi connectivity index (χ0v) is 12.0. The van der Waals surface area contributed by atoms with Gasteiger partial charge in [-0.3, -0.25) is 4.79 Å². The molecule has 3 heterocycles. The first-order valence-corrected chi connectivity index (χ1v) is 7.38. The number of nitrogens with zero attached hydrogens (tertiary/aromatic N) is 3. The summed E-state index contributed by atoms with van der Waals surface area (Å²) < 4.78 is 13.3. The second-order valence-corrected chi connectivity index (χ2v) is 5.37. The number of fused-ring (bicyclic) bond motifs is 2. The van der Waals surface area contributed by atoms with E-state index in [1.54, 1.807) is 6.07 Å². The van der Waals surface area contributed by atoms with E-state index in [9.17, 15) is 4.79 Å². The Morgan fingerprint density at radius 1 is 1.32 bits per heavy atom. The summed E-state index contributed by atoms with van der Waals surface area (Å²) in [5.74, 6) is 2.84. The number of aryl methyl sites for hydroxylation is 1. The highest BCUT2D eigenvalue weighted by Crippen LogP contribution is 2.30. The fraction of sp³-hybridized carbons (Fsp3) is 0.400. The Kier molecular flexibility index (Phi) is 3.17. The number of aromatic nitrogens is 3. The van der Waals surface area contributed by atoms with Gasteiger partial charge in [0.2, 0.25) is 6.10 Å². The Morgan fingerprint density at radius 2 is 2.18 bits per heavy atom. The van der Waals surface area contributed by atoms with Crippen molar-refractivity contribution in [2.75, 3.05) is 6.61 Å². The zero-order chi connectivity index (χ0) is 14.9. The maximum absolute atomic E-state index is 12.2. The normalized spacial score (nSPS) is 18.8. The Bertz CT molecular complexity index is 713. The van der Waals surface area contributed by atoms with E-state index in [1.807, 2.05) is 18.2 Å². The summed E-state index contributed by atoms with van der Waals surface area (Å²) in [6.45, 7) is 1.48. The molecule has 0 saturated carbocycles. The summed E-state index contributed by atoms with van der Waals surface area (Å²) in [7, 11) is 0. The monoisotopic (exact) mass is 300 g/mol. The summed E-state index contributed by atoms with van der Waals surface area (Å²) in [5.41, 5.74) is 0. The van der Waals surface area contributed by atoms with Crippen molar-refractivity contribution >= 4 is 5.91 Å². The van der Waals surface area contributed by atoms with E-state index >= 15 is 0 Å². The van der Waals surface area contributed by atoms with Crippen molar-refractivity contribution in [2.45, 2.75) is 32.0 Å². The molecule has 1 amide bonds. The standard InChI is InChI=1S/C15H16N4O3/c20-15(12-9-21-10-4-1-2-5-11(10)22-12)16-8-14-18-17-13-6-3-7-19(13)14/h1-2,4-5,12H,3,6-9H2,(H,16,20). The third-order valence-corrected chi connectivity index (χ3v) is 3.91. The molecule has 7 nitrogen and oxygen atoms in total. The Morgan fingerprint density at radius 3 is 3.09 bits per heavy atom. The van der Waals surface area contributed by atoms with Crippen LogP contribution in [0.15, 0.2) is 24.3 Å². The van der Waals surface area contributed by atoms with Gasteiger partial charge in [-0.25, -0.2) is 0 Å². The molecule has 7 heteroatoms. The van der Waals surface area contributed by atoms with Gasteiger partial charge in [0.05, 0.1) is 6.54 Å². The predicted molar refractivity (Wildman–Crippen MR) is 76.5 cm³/mol. The van der Waals surface area contributed by atoms with E-state index in [0.29, 0.717) is 18.0 Å². The molecule has 0 bridgehead atoms. The molecule has 4 rings (SSSR count). The number of hydrogen-bond donors (Lipinski definition) is 1. The molecule has 0 radical (unpaired) electrons. The molecule has 0 saturated heterocycles. The maximum Gasteiger partial charge on any atom is 0.265 e. The van der Waals surface area contributed by atoms with Gasteiger partial charge in [0.25, 0.3) is 5.91 Å². The van der Waals surface area contributed by atoms with Crippen LogP contribution in [0, 0.1) is 0 Å². The van der Waals surface area contributed by atoms with Crippen molar-refractivity contribution < 1.29 is 14.3 Å². The van der Waals surface area contributed by atoms with Gasteiger partial charge in [-0.15, -0.1) is 10.2 Å². The van der Waals surface area contributed by atoms with Gasteiger partial charge in [0.1, 0.15) is 12.4 Å². The van der Waals surface area contributed by atoms with E-state index in [2.05, 4.69) is 20.1 Å². The zero-order valence-electron chi connectivity index (χ0n) is 12.0. The minimum absolute atomic E-state index is 0.204. The Hall–Kier alpha value is -2.57. The lowest BCUT2D eigenvalue weighted by atomic mass is 10.2. The van der Waals surface area contributed by atoms with Gasteiger partial charge in [-0.2, -0.15) is 0 Å². The number of ether oxygens (including phenoxy) is 2. The lowest BCUT2D eigenvalue weighted by Crippen LogP contribution is -2.44. The van der Waals surface area contributed by atoms with E-state index in [-0.39, 0.29) is 12.5 Å². The lowest BCUT2D eigenvalue weighted by Gasteiger charge is -2.25. The Balaban J connectivity index is 1.39. The summed E-state index contributed by atoms with van der Waals surface area (Å²) in [5, 5.41) is 11.1. The van der Waals surface area contributed by atoms with Crippen molar-refractivity contribution in [3.63, 3.8) is 0 Å².